The van der Waals surface area contributed by atoms with Gasteiger partial charge in [0, 0.05) is 25.5 Å². The minimum atomic E-state index is -0.371. The second kappa shape index (κ2) is 8.91. The van der Waals surface area contributed by atoms with Crippen molar-refractivity contribution in [3.8, 4) is 22.7 Å². The SMILES string of the molecule is COc1ccccc1NC(=O)c1cn(CC2CCCO2)cc2c(=O)n(-c3ccccc3)nc1-2. The Balaban J connectivity index is 1.60. The molecule has 8 heteroatoms. The van der Waals surface area contributed by atoms with Gasteiger partial charge in [0.05, 0.1) is 35.7 Å². The Hall–Kier alpha value is -3.91. The van der Waals surface area contributed by atoms with Crippen LogP contribution >= 0.6 is 0 Å². The van der Waals surface area contributed by atoms with Gasteiger partial charge in [-0.1, -0.05) is 30.3 Å². The van der Waals surface area contributed by atoms with E-state index in [0.717, 1.165) is 19.4 Å². The number of nitrogens with one attached hydrogen (secondary N) is 1. The summed E-state index contributed by atoms with van der Waals surface area (Å²) < 4.78 is 14.3. The quantitative estimate of drug-likeness (QED) is 0.491. The van der Waals surface area contributed by atoms with Crippen molar-refractivity contribution in [2.45, 2.75) is 25.5 Å². The van der Waals surface area contributed by atoms with E-state index in [2.05, 4.69) is 10.4 Å². The fourth-order valence-corrected chi connectivity index (χ4v) is 4.14. The lowest BCUT2D eigenvalue weighted by atomic mass is 10.1. The van der Waals surface area contributed by atoms with Gasteiger partial charge in [0.1, 0.15) is 11.4 Å². The lowest BCUT2D eigenvalue weighted by molar-refractivity contribution is 0.0961. The van der Waals surface area contributed by atoms with Crippen LogP contribution < -0.4 is 15.6 Å². The molecule has 5 rings (SSSR count). The number of carbonyl (C=O) groups is 1. The van der Waals surface area contributed by atoms with E-state index < -0.39 is 0 Å². The fraction of sp³-hybridized carbons (Fsp3) is 0.240. The van der Waals surface area contributed by atoms with Gasteiger partial charge in [-0.25, -0.2) is 0 Å². The van der Waals surface area contributed by atoms with Crippen LogP contribution in [0.2, 0.25) is 0 Å². The molecule has 1 atom stereocenters. The number of hydrogen-bond acceptors (Lipinski definition) is 5. The molecule has 1 unspecified atom stereocenters. The normalized spacial score (nSPS) is 15.6. The van der Waals surface area contributed by atoms with E-state index in [0.29, 0.717) is 40.5 Å². The van der Waals surface area contributed by atoms with Gasteiger partial charge in [0.25, 0.3) is 11.5 Å². The van der Waals surface area contributed by atoms with Gasteiger partial charge in [0.2, 0.25) is 0 Å². The average molecular weight is 444 g/mol. The van der Waals surface area contributed by atoms with Crippen molar-refractivity contribution in [3.05, 3.63) is 82.9 Å². The molecule has 0 aromatic heterocycles. The summed E-state index contributed by atoms with van der Waals surface area (Å²) in [6, 6.07) is 16.4. The van der Waals surface area contributed by atoms with Gasteiger partial charge < -0.3 is 19.4 Å². The number of hydrogen-bond donors (Lipinski definition) is 1. The smallest absolute Gasteiger partial charge is 0.282 e. The first kappa shape index (κ1) is 21.0. The number of ether oxygens (including phenoxy) is 2. The number of amides is 1. The van der Waals surface area contributed by atoms with Gasteiger partial charge in [-0.2, -0.15) is 9.78 Å². The molecular formula is C25H24N4O4. The second-order valence-corrected chi connectivity index (χ2v) is 7.97. The Labute approximate surface area is 190 Å². The molecule has 0 spiro atoms. The van der Waals surface area contributed by atoms with E-state index in [-0.39, 0.29) is 17.6 Å². The van der Waals surface area contributed by atoms with Gasteiger partial charge in [-0.3, -0.25) is 9.59 Å². The summed E-state index contributed by atoms with van der Waals surface area (Å²) in [4.78, 5) is 26.6. The van der Waals surface area contributed by atoms with Crippen LogP contribution in [-0.4, -0.2) is 40.1 Å². The van der Waals surface area contributed by atoms with Crippen LogP contribution in [0.4, 0.5) is 5.69 Å². The van der Waals surface area contributed by atoms with Gasteiger partial charge in [-0.15, -0.1) is 0 Å². The molecule has 3 heterocycles. The highest BCUT2D eigenvalue weighted by atomic mass is 16.5. The number of pyridine rings is 1. The van der Waals surface area contributed by atoms with Crippen molar-refractivity contribution in [3.63, 3.8) is 0 Å². The zero-order valence-corrected chi connectivity index (χ0v) is 18.2. The maximum absolute atomic E-state index is 13.4. The van der Waals surface area contributed by atoms with Crippen molar-refractivity contribution in [1.82, 2.24) is 14.3 Å². The molecule has 3 aliphatic rings. The fourth-order valence-electron chi connectivity index (χ4n) is 4.14. The molecule has 1 saturated heterocycles. The molecule has 0 radical (unpaired) electrons. The summed E-state index contributed by atoms with van der Waals surface area (Å²) in [6.45, 7) is 1.29. The van der Waals surface area contributed by atoms with E-state index in [1.165, 1.54) is 4.68 Å². The highest BCUT2D eigenvalue weighted by Gasteiger charge is 2.26. The third-order valence-corrected chi connectivity index (χ3v) is 5.76. The lowest BCUT2D eigenvalue weighted by Crippen LogP contribution is -2.21. The van der Waals surface area contributed by atoms with Gasteiger partial charge in [-0.05, 0) is 37.1 Å². The Morgan fingerprint density at radius 1 is 1.15 bits per heavy atom. The molecule has 3 aliphatic heterocycles. The van der Waals surface area contributed by atoms with E-state index >= 15 is 0 Å². The zero-order chi connectivity index (χ0) is 22.8. The zero-order valence-electron chi connectivity index (χ0n) is 18.2. The average Bonchev–Trinajstić information content (AvgIpc) is 3.47. The van der Waals surface area contributed by atoms with Crippen LogP contribution in [0.3, 0.4) is 0 Å². The lowest BCUT2D eigenvalue weighted by Gasteiger charge is -2.16. The van der Waals surface area contributed by atoms with Crippen LogP contribution in [0, 0.1) is 0 Å². The Morgan fingerprint density at radius 3 is 2.70 bits per heavy atom. The molecule has 168 valence electrons. The minimum absolute atomic E-state index is 0.0526. The highest BCUT2D eigenvalue weighted by molar-refractivity contribution is 6.08. The first-order chi connectivity index (χ1) is 16.1. The molecule has 33 heavy (non-hydrogen) atoms. The molecule has 1 N–H and O–H groups in total. The summed E-state index contributed by atoms with van der Waals surface area (Å²) in [6.07, 6.45) is 5.49. The number of anilines is 1. The Kier molecular flexibility index (Phi) is 5.66. The summed E-state index contributed by atoms with van der Waals surface area (Å²) in [5, 5.41) is 7.43. The van der Waals surface area contributed by atoms with Crippen LogP contribution in [0.1, 0.15) is 23.2 Å². The number of fused-ring (bicyclic) bond motifs is 1. The summed E-state index contributed by atoms with van der Waals surface area (Å²) in [7, 11) is 1.55. The second-order valence-electron chi connectivity index (χ2n) is 7.97. The number of benzene rings is 2. The van der Waals surface area contributed by atoms with Crippen LogP contribution in [0.15, 0.2) is 71.8 Å². The monoisotopic (exact) mass is 444 g/mol. The molecule has 0 bridgehead atoms. The third-order valence-electron chi connectivity index (χ3n) is 5.76. The van der Waals surface area contributed by atoms with Crippen molar-refractivity contribution in [2.75, 3.05) is 19.0 Å². The highest BCUT2D eigenvalue weighted by Crippen LogP contribution is 2.27. The molecule has 1 fully saturated rings. The van der Waals surface area contributed by atoms with Crippen LogP contribution in [-0.2, 0) is 11.3 Å². The number of nitrogens with zero attached hydrogens (tertiary/aromatic N) is 3. The molecule has 2 aromatic carbocycles. The third kappa shape index (κ3) is 4.12. The first-order valence-electron chi connectivity index (χ1n) is 10.9. The number of methoxy groups -OCH3 is 1. The predicted molar refractivity (Wildman–Crippen MR) is 124 cm³/mol. The molecule has 8 nitrogen and oxygen atoms in total. The number of rotatable bonds is 6. The van der Waals surface area contributed by atoms with E-state index in [1.807, 2.05) is 47.0 Å². The first-order valence-corrected chi connectivity index (χ1v) is 10.9. The topological polar surface area (TPSA) is 87.4 Å². The molecule has 0 saturated carbocycles. The number of aromatic nitrogens is 3. The standard InChI is InChI=1S/C25H24N4O4/c1-32-22-12-6-5-11-21(22)26-24(30)19-15-28(14-18-10-7-13-33-18)16-20-23(19)27-29(25(20)31)17-8-3-2-4-9-17/h2-6,8-9,11-12,15-16,18H,7,10,13-14H2,1H3,(H,26,30). The maximum Gasteiger partial charge on any atom is 0.282 e. The van der Waals surface area contributed by atoms with E-state index in [4.69, 9.17) is 9.47 Å². The number of carbonyl (C=O) groups excluding carboxylic acids is 1. The van der Waals surface area contributed by atoms with Crippen LogP contribution in [0.25, 0.3) is 16.9 Å². The summed E-state index contributed by atoms with van der Waals surface area (Å²) in [5.74, 6) is 0.175. The van der Waals surface area contributed by atoms with Crippen molar-refractivity contribution in [2.24, 2.45) is 0 Å². The van der Waals surface area contributed by atoms with Crippen LogP contribution in [0.5, 0.6) is 5.75 Å². The summed E-state index contributed by atoms with van der Waals surface area (Å²) in [5.41, 5.74) is 1.94. The molecule has 0 aliphatic carbocycles. The van der Waals surface area contributed by atoms with Gasteiger partial charge >= 0.3 is 0 Å². The van der Waals surface area contributed by atoms with E-state index in [9.17, 15) is 9.59 Å². The predicted octanol–water partition coefficient (Wildman–Crippen LogP) is 3.58. The Morgan fingerprint density at radius 2 is 1.94 bits per heavy atom. The maximum atomic E-state index is 13.4. The molecule has 1 amide bonds. The minimum Gasteiger partial charge on any atom is -0.495 e. The Bertz CT molecular complexity index is 1310. The van der Waals surface area contributed by atoms with Gasteiger partial charge in [0.15, 0.2) is 0 Å². The van der Waals surface area contributed by atoms with Crippen molar-refractivity contribution >= 4 is 11.6 Å². The summed E-state index contributed by atoms with van der Waals surface area (Å²) >= 11 is 0. The van der Waals surface area contributed by atoms with Crippen molar-refractivity contribution in [1.29, 1.82) is 0 Å². The number of para-hydroxylation sites is 3. The molecular weight excluding hydrogens is 420 g/mol. The van der Waals surface area contributed by atoms with E-state index in [1.54, 1.807) is 31.6 Å². The largest absolute Gasteiger partial charge is 0.495 e. The van der Waals surface area contributed by atoms with Crippen molar-refractivity contribution < 1.29 is 14.3 Å². The molecule has 2 aromatic rings.